The second-order valence-electron chi connectivity index (χ2n) is 3.80. The van der Waals surface area contributed by atoms with Crippen molar-refractivity contribution in [1.29, 1.82) is 0 Å². The summed E-state index contributed by atoms with van der Waals surface area (Å²) in [4.78, 5) is 2.31. The molecule has 1 rings (SSSR count). The first-order valence-corrected chi connectivity index (χ1v) is 5.66. The van der Waals surface area contributed by atoms with Crippen molar-refractivity contribution in [1.82, 2.24) is 20.0 Å². The van der Waals surface area contributed by atoms with Gasteiger partial charge in [-0.25, -0.2) is 0 Å². The zero-order valence-electron chi connectivity index (χ0n) is 10.0. The minimum Gasteiger partial charge on any atom is -0.316 e. The van der Waals surface area contributed by atoms with Crippen molar-refractivity contribution in [3.8, 4) is 0 Å². The van der Waals surface area contributed by atoms with E-state index < -0.39 is 0 Å². The summed E-state index contributed by atoms with van der Waals surface area (Å²) in [5.41, 5.74) is 1.29. The van der Waals surface area contributed by atoms with Crippen LogP contribution in [0.5, 0.6) is 0 Å². The Kier molecular flexibility index (Phi) is 5.36. The van der Waals surface area contributed by atoms with Crippen molar-refractivity contribution in [2.24, 2.45) is 0 Å². The van der Waals surface area contributed by atoms with Gasteiger partial charge in [-0.1, -0.05) is 6.92 Å². The van der Waals surface area contributed by atoms with Crippen LogP contribution < -0.4 is 5.32 Å². The van der Waals surface area contributed by atoms with E-state index in [0.717, 1.165) is 32.7 Å². The van der Waals surface area contributed by atoms with Crippen LogP contribution in [-0.4, -0.2) is 41.4 Å². The Balaban J connectivity index is 2.27. The molecule has 0 atom stereocenters. The highest BCUT2D eigenvalue weighted by atomic mass is 15.3. The summed E-state index contributed by atoms with van der Waals surface area (Å²) < 4.78 is 1.97. The lowest BCUT2D eigenvalue weighted by Crippen LogP contribution is -2.28. The van der Waals surface area contributed by atoms with Crippen molar-refractivity contribution < 1.29 is 0 Å². The van der Waals surface area contributed by atoms with Crippen molar-refractivity contribution in [3.05, 3.63) is 18.0 Å². The number of hydrogen-bond donors (Lipinski definition) is 1. The fourth-order valence-electron chi connectivity index (χ4n) is 1.50. The number of nitrogens with one attached hydrogen (secondary N) is 1. The van der Waals surface area contributed by atoms with Gasteiger partial charge in [0.05, 0.1) is 6.20 Å². The molecule has 0 bridgehead atoms. The smallest absolute Gasteiger partial charge is 0.0534 e. The molecule has 1 aromatic heterocycles. The van der Waals surface area contributed by atoms with E-state index in [9.17, 15) is 0 Å². The van der Waals surface area contributed by atoms with Gasteiger partial charge in [0.2, 0.25) is 0 Å². The van der Waals surface area contributed by atoms with Gasteiger partial charge < -0.3 is 10.2 Å². The lowest BCUT2D eigenvalue weighted by molar-refractivity contribution is 0.325. The number of hydrogen-bond acceptors (Lipinski definition) is 3. The number of rotatable bonds is 7. The molecule has 0 radical (unpaired) electrons. The standard InChI is InChI=1S/C11H22N4/c1-4-12-6-7-14(3)9-11-8-13-15(5-2)10-11/h8,10,12H,4-7,9H2,1-3H3. The Morgan fingerprint density at radius 2 is 2.27 bits per heavy atom. The molecule has 0 aromatic carbocycles. The highest BCUT2D eigenvalue weighted by Crippen LogP contribution is 2.01. The predicted octanol–water partition coefficient (Wildman–Crippen LogP) is 0.944. The second kappa shape index (κ2) is 6.58. The lowest BCUT2D eigenvalue weighted by Gasteiger charge is -2.15. The predicted molar refractivity (Wildman–Crippen MR) is 62.8 cm³/mol. The van der Waals surface area contributed by atoms with Gasteiger partial charge in [0, 0.05) is 37.9 Å². The molecular formula is C11H22N4. The molecule has 1 N–H and O–H groups in total. The first-order chi connectivity index (χ1) is 7.26. The SMILES string of the molecule is CCNCCN(C)Cc1cnn(CC)c1. The van der Waals surface area contributed by atoms with Crippen molar-refractivity contribution in [2.75, 3.05) is 26.7 Å². The summed E-state index contributed by atoms with van der Waals surface area (Å²) in [7, 11) is 2.14. The lowest BCUT2D eigenvalue weighted by atomic mass is 10.3. The van der Waals surface area contributed by atoms with Gasteiger partial charge in [-0.3, -0.25) is 4.68 Å². The number of likely N-dealkylation sites (N-methyl/N-ethyl adjacent to an activating group) is 2. The van der Waals surface area contributed by atoms with Crippen LogP contribution in [0, 0.1) is 0 Å². The maximum absolute atomic E-state index is 4.26. The van der Waals surface area contributed by atoms with E-state index in [1.807, 2.05) is 10.9 Å². The molecule has 0 amide bonds. The third kappa shape index (κ3) is 4.44. The Bertz CT molecular complexity index is 269. The van der Waals surface area contributed by atoms with Crippen molar-refractivity contribution >= 4 is 0 Å². The average Bonchev–Trinajstić information content (AvgIpc) is 2.66. The number of nitrogens with zero attached hydrogens (tertiary/aromatic N) is 3. The summed E-state index contributed by atoms with van der Waals surface area (Å²) in [6.07, 6.45) is 4.07. The molecule has 0 aliphatic rings. The van der Waals surface area contributed by atoms with Crippen LogP contribution in [-0.2, 0) is 13.1 Å². The van der Waals surface area contributed by atoms with Crippen LogP contribution >= 0.6 is 0 Å². The van der Waals surface area contributed by atoms with Gasteiger partial charge >= 0.3 is 0 Å². The first-order valence-electron chi connectivity index (χ1n) is 5.66. The molecule has 0 spiro atoms. The Labute approximate surface area is 92.3 Å². The van der Waals surface area contributed by atoms with Crippen LogP contribution in [0.1, 0.15) is 19.4 Å². The van der Waals surface area contributed by atoms with Crippen LogP contribution in [0.4, 0.5) is 0 Å². The summed E-state index contributed by atoms with van der Waals surface area (Å²) in [6, 6.07) is 0. The topological polar surface area (TPSA) is 33.1 Å². The Morgan fingerprint density at radius 3 is 2.87 bits per heavy atom. The van der Waals surface area contributed by atoms with E-state index in [1.165, 1.54) is 5.56 Å². The van der Waals surface area contributed by atoms with Crippen LogP contribution in [0.25, 0.3) is 0 Å². The number of aromatic nitrogens is 2. The normalized spacial score (nSPS) is 11.2. The molecule has 0 aliphatic heterocycles. The molecule has 15 heavy (non-hydrogen) atoms. The molecule has 86 valence electrons. The van der Waals surface area contributed by atoms with E-state index in [1.54, 1.807) is 0 Å². The summed E-state index contributed by atoms with van der Waals surface area (Å²) in [5.74, 6) is 0. The summed E-state index contributed by atoms with van der Waals surface area (Å²) >= 11 is 0. The molecule has 0 unspecified atom stereocenters. The van der Waals surface area contributed by atoms with E-state index in [2.05, 4.69) is 42.4 Å². The highest BCUT2D eigenvalue weighted by Gasteiger charge is 2.01. The fraction of sp³-hybridized carbons (Fsp3) is 0.727. The van der Waals surface area contributed by atoms with E-state index in [4.69, 9.17) is 0 Å². The molecule has 0 aliphatic carbocycles. The van der Waals surface area contributed by atoms with Gasteiger partial charge in [0.15, 0.2) is 0 Å². The maximum Gasteiger partial charge on any atom is 0.0534 e. The zero-order valence-corrected chi connectivity index (χ0v) is 10.0. The van der Waals surface area contributed by atoms with Gasteiger partial charge in [0.1, 0.15) is 0 Å². The van der Waals surface area contributed by atoms with E-state index in [0.29, 0.717) is 0 Å². The molecule has 4 nitrogen and oxygen atoms in total. The molecular weight excluding hydrogens is 188 g/mol. The fourth-order valence-corrected chi connectivity index (χ4v) is 1.50. The van der Waals surface area contributed by atoms with Crippen LogP contribution in [0.15, 0.2) is 12.4 Å². The molecule has 4 heteroatoms. The van der Waals surface area contributed by atoms with Crippen LogP contribution in [0.2, 0.25) is 0 Å². The van der Waals surface area contributed by atoms with Crippen LogP contribution in [0.3, 0.4) is 0 Å². The molecule has 0 saturated heterocycles. The Hall–Kier alpha value is -0.870. The molecule has 0 fully saturated rings. The largest absolute Gasteiger partial charge is 0.316 e. The van der Waals surface area contributed by atoms with Gasteiger partial charge in [-0.15, -0.1) is 0 Å². The summed E-state index contributed by atoms with van der Waals surface area (Å²) in [6.45, 7) is 9.32. The average molecular weight is 210 g/mol. The second-order valence-corrected chi connectivity index (χ2v) is 3.80. The quantitative estimate of drug-likeness (QED) is 0.680. The zero-order chi connectivity index (χ0) is 11.1. The molecule has 1 aromatic rings. The molecule has 1 heterocycles. The first kappa shape index (κ1) is 12.2. The third-order valence-corrected chi connectivity index (χ3v) is 2.38. The number of aryl methyl sites for hydroxylation is 1. The van der Waals surface area contributed by atoms with Gasteiger partial charge in [-0.2, -0.15) is 5.10 Å². The van der Waals surface area contributed by atoms with Gasteiger partial charge in [0.25, 0.3) is 0 Å². The molecule has 0 saturated carbocycles. The summed E-state index contributed by atoms with van der Waals surface area (Å²) in [5, 5.41) is 7.58. The van der Waals surface area contributed by atoms with Gasteiger partial charge in [-0.05, 0) is 20.5 Å². The highest BCUT2D eigenvalue weighted by molar-refractivity contribution is 5.03. The minimum absolute atomic E-state index is 0.946. The van der Waals surface area contributed by atoms with Crippen molar-refractivity contribution in [3.63, 3.8) is 0 Å². The van der Waals surface area contributed by atoms with Crippen molar-refractivity contribution in [2.45, 2.75) is 26.9 Å². The maximum atomic E-state index is 4.26. The minimum atomic E-state index is 0.946. The van der Waals surface area contributed by atoms with E-state index in [-0.39, 0.29) is 0 Å². The Morgan fingerprint density at radius 1 is 1.47 bits per heavy atom. The third-order valence-electron chi connectivity index (χ3n) is 2.38. The monoisotopic (exact) mass is 210 g/mol. The van der Waals surface area contributed by atoms with E-state index >= 15 is 0 Å².